The number of carbonyl (C=O) groups is 1. The van der Waals surface area contributed by atoms with E-state index in [0.717, 1.165) is 24.2 Å². The van der Waals surface area contributed by atoms with E-state index in [1.165, 1.54) is 58.4 Å². The molecule has 0 aromatic carbocycles. The van der Waals surface area contributed by atoms with Gasteiger partial charge in [0.05, 0.1) is 0 Å². The first-order valence-corrected chi connectivity index (χ1v) is 10.4. The minimum Gasteiger partial charge on any atom is -0.462 e. The standard InChI is InChI=1S/C21H32O2.CH5N/c1-14(22)23-19-10-9-17-16-8-7-15-6-4-5-12-20(15,2)18(16)11-13-21(17,19)3;1-2/h7,16-19H,4-6,8-13H2,1-3H3;2H2,1H3. The molecule has 4 aliphatic carbocycles. The van der Waals surface area contributed by atoms with Crippen LogP contribution in [-0.2, 0) is 9.53 Å². The van der Waals surface area contributed by atoms with E-state index >= 15 is 0 Å². The third-order valence-electron chi connectivity index (χ3n) is 8.24. The van der Waals surface area contributed by atoms with Gasteiger partial charge in [-0.1, -0.05) is 31.9 Å². The van der Waals surface area contributed by atoms with Gasteiger partial charge in [-0.2, -0.15) is 0 Å². The van der Waals surface area contributed by atoms with Crippen molar-refractivity contribution >= 4 is 5.97 Å². The van der Waals surface area contributed by atoms with Gasteiger partial charge in [0.25, 0.3) is 0 Å². The maximum Gasteiger partial charge on any atom is 0.302 e. The molecular formula is C22H37NO2. The summed E-state index contributed by atoms with van der Waals surface area (Å²) in [5.41, 5.74) is 6.98. The Hall–Kier alpha value is -0.830. The molecule has 0 saturated heterocycles. The largest absolute Gasteiger partial charge is 0.462 e. The molecule has 6 atom stereocenters. The summed E-state index contributed by atoms with van der Waals surface area (Å²) in [6.07, 6.45) is 14.5. The lowest BCUT2D eigenvalue weighted by molar-refractivity contribution is -0.156. The Kier molecular flexibility index (Phi) is 5.35. The number of allylic oxidation sites excluding steroid dienone is 2. The molecule has 3 saturated carbocycles. The molecule has 3 heteroatoms. The van der Waals surface area contributed by atoms with Crippen LogP contribution in [0.3, 0.4) is 0 Å². The smallest absolute Gasteiger partial charge is 0.302 e. The van der Waals surface area contributed by atoms with Gasteiger partial charge >= 0.3 is 5.97 Å². The fourth-order valence-electron chi connectivity index (χ4n) is 7.04. The summed E-state index contributed by atoms with van der Waals surface area (Å²) in [4.78, 5) is 11.5. The van der Waals surface area contributed by atoms with E-state index < -0.39 is 0 Å². The SMILES string of the molecule is CC(=O)OC1CCC2C3CC=C4CCCCC4(C)C3CCC12C.CN. The normalized spacial score (nSPS) is 45.1. The Labute approximate surface area is 153 Å². The van der Waals surface area contributed by atoms with E-state index in [9.17, 15) is 4.79 Å². The molecule has 0 heterocycles. The van der Waals surface area contributed by atoms with E-state index in [1.807, 2.05) is 0 Å². The lowest BCUT2D eigenvalue weighted by atomic mass is 9.48. The minimum absolute atomic E-state index is 0.0935. The Bertz CT molecular complexity index is 542. The van der Waals surface area contributed by atoms with Crippen LogP contribution in [0.4, 0.5) is 0 Å². The number of hydrogen-bond donors (Lipinski definition) is 1. The van der Waals surface area contributed by atoms with Crippen LogP contribution in [0.1, 0.15) is 78.6 Å². The summed E-state index contributed by atoms with van der Waals surface area (Å²) >= 11 is 0. The Morgan fingerprint density at radius 1 is 1.12 bits per heavy atom. The molecule has 0 amide bonds. The summed E-state index contributed by atoms with van der Waals surface area (Å²) in [7, 11) is 1.50. The third kappa shape index (κ3) is 2.97. The zero-order chi connectivity index (χ0) is 18.2. The average molecular weight is 348 g/mol. The van der Waals surface area contributed by atoms with E-state index in [1.54, 1.807) is 12.5 Å². The second kappa shape index (κ2) is 7.06. The number of fused-ring (bicyclic) bond motifs is 5. The Balaban J connectivity index is 0.000000880. The first-order chi connectivity index (χ1) is 11.9. The minimum atomic E-state index is -0.0935. The van der Waals surface area contributed by atoms with Crippen molar-refractivity contribution in [2.24, 2.45) is 34.3 Å². The quantitative estimate of drug-likeness (QED) is 0.545. The molecule has 6 unspecified atom stereocenters. The maximum atomic E-state index is 11.5. The van der Waals surface area contributed by atoms with Gasteiger partial charge in [0.1, 0.15) is 6.10 Å². The first kappa shape index (κ1) is 18.9. The molecule has 0 aliphatic heterocycles. The number of carbonyl (C=O) groups excluding carboxylic acids is 1. The summed E-state index contributed by atoms with van der Waals surface area (Å²) < 4.78 is 5.74. The summed E-state index contributed by atoms with van der Waals surface area (Å²) in [5.74, 6) is 2.35. The number of rotatable bonds is 1. The van der Waals surface area contributed by atoms with Crippen LogP contribution < -0.4 is 5.73 Å². The van der Waals surface area contributed by atoms with Crippen LogP contribution >= 0.6 is 0 Å². The topological polar surface area (TPSA) is 52.3 Å². The van der Waals surface area contributed by atoms with Crippen LogP contribution in [0.5, 0.6) is 0 Å². The number of esters is 1. The zero-order valence-corrected chi connectivity index (χ0v) is 16.6. The fraction of sp³-hybridized carbons (Fsp3) is 0.864. The second-order valence-corrected chi connectivity index (χ2v) is 9.19. The van der Waals surface area contributed by atoms with Crippen LogP contribution in [0.25, 0.3) is 0 Å². The third-order valence-corrected chi connectivity index (χ3v) is 8.24. The van der Waals surface area contributed by atoms with Gasteiger partial charge in [-0.25, -0.2) is 0 Å². The molecule has 0 radical (unpaired) electrons. The number of ether oxygens (including phenoxy) is 1. The molecule has 3 fully saturated rings. The van der Waals surface area contributed by atoms with Gasteiger partial charge in [-0.05, 0) is 81.6 Å². The van der Waals surface area contributed by atoms with Crippen LogP contribution in [0.2, 0.25) is 0 Å². The van der Waals surface area contributed by atoms with Crippen molar-refractivity contribution in [1.29, 1.82) is 0 Å². The average Bonchev–Trinajstić information content (AvgIpc) is 2.92. The molecule has 4 rings (SSSR count). The highest BCUT2D eigenvalue weighted by Gasteiger charge is 2.59. The van der Waals surface area contributed by atoms with Gasteiger partial charge in [0.15, 0.2) is 0 Å². The molecule has 0 spiro atoms. The predicted octanol–water partition coefficient (Wildman–Crippen LogP) is 4.85. The monoisotopic (exact) mass is 347 g/mol. The lowest BCUT2D eigenvalue weighted by Crippen LogP contribution is -2.50. The molecule has 142 valence electrons. The summed E-state index contributed by atoms with van der Waals surface area (Å²) in [6.45, 7) is 6.55. The van der Waals surface area contributed by atoms with Crippen molar-refractivity contribution in [3.05, 3.63) is 11.6 Å². The molecule has 0 bridgehead atoms. The van der Waals surface area contributed by atoms with Crippen molar-refractivity contribution in [1.82, 2.24) is 0 Å². The highest BCUT2D eigenvalue weighted by atomic mass is 16.5. The molecule has 0 aromatic rings. The molecule has 4 aliphatic rings. The van der Waals surface area contributed by atoms with Crippen LogP contribution in [0.15, 0.2) is 11.6 Å². The van der Waals surface area contributed by atoms with Crippen molar-refractivity contribution in [3.63, 3.8) is 0 Å². The first-order valence-electron chi connectivity index (χ1n) is 10.4. The van der Waals surface area contributed by atoms with Gasteiger partial charge < -0.3 is 10.5 Å². The highest BCUT2D eigenvalue weighted by molar-refractivity contribution is 5.66. The van der Waals surface area contributed by atoms with Crippen molar-refractivity contribution in [2.45, 2.75) is 84.7 Å². The Morgan fingerprint density at radius 2 is 1.88 bits per heavy atom. The van der Waals surface area contributed by atoms with Gasteiger partial charge in [-0.15, -0.1) is 0 Å². The molecule has 2 N–H and O–H groups in total. The highest BCUT2D eigenvalue weighted by Crippen LogP contribution is 2.65. The summed E-state index contributed by atoms with van der Waals surface area (Å²) in [6, 6.07) is 0. The fourth-order valence-corrected chi connectivity index (χ4v) is 7.04. The lowest BCUT2D eigenvalue weighted by Gasteiger charge is -2.57. The molecule has 3 nitrogen and oxygen atoms in total. The Morgan fingerprint density at radius 3 is 2.60 bits per heavy atom. The zero-order valence-electron chi connectivity index (χ0n) is 16.6. The van der Waals surface area contributed by atoms with Crippen molar-refractivity contribution < 1.29 is 9.53 Å². The van der Waals surface area contributed by atoms with E-state index in [4.69, 9.17) is 4.74 Å². The predicted molar refractivity (Wildman–Crippen MR) is 102 cm³/mol. The second-order valence-electron chi connectivity index (χ2n) is 9.19. The van der Waals surface area contributed by atoms with Gasteiger partial charge in [0.2, 0.25) is 0 Å². The summed E-state index contributed by atoms with van der Waals surface area (Å²) in [5, 5.41) is 0. The number of nitrogens with two attached hydrogens (primary N) is 1. The van der Waals surface area contributed by atoms with E-state index in [2.05, 4.69) is 25.7 Å². The van der Waals surface area contributed by atoms with Crippen LogP contribution in [0, 0.1) is 28.6 Å². The van der Waals surface area contributed by atoms with Gasteiger partial charge in [0, 0.05) is 12.3 Å². The van der Waals surface area contributed by atoms with Crippen molar-refractivity contribution in [3.8, 4) is 0 Å². The van der Waals surface area contributed by atoms with Gasteiger partial charge in [-0.3, -0.25) is 4.79 Å². The van der Waals surface area contributed by atoms with E-state index in [-0.39, 0.29) is 17.5 Å². The number of hydrogen-bond acceptors (Lipinski definition) is 3. The molecule has 0 aromatic heterocycles. The maximum absolute atomic E-state index is 11.5. The van der Waals surface area contributed by atoms with Crippen molar-refractivity contribution in [2.75, 3.05) is 7.05 Å². The molecular weight excluding hydrogens is 310 g/mol. The van der Waals surface area contributed by atoms with E-state index in [0.29, 0.717) is 5.41 Å². The van der Waals surface area contributed by atoms with Crippen LogP contribution in [-0.4, -0.2) is 19.1 Å². The molecule has 25 heavy (non-hydrogen) atoms.